The van der Waals surface area contributed by atoms with Crippen molar-refractivity contribution in [2.45, 2.75) is 44.4 Å². The molecule has 2 fully saturated rings. The van der Waals surface area contributed by atoms with Gasteiger partial charge in [-0.2, -0.15) is 0 Å². The summed E-state index contributed by atoms with van der Waals surface area (Å²) in [6.45, 7) is 7.04. The highest BCUT2D eigenvalue weighted by Gasteiger charge is 2.51. The van der Waals surface area contributed by atoms with Crippen molar-refractivity contribution in [3.8, 4) is 22.6 Å². The topological polar surface area (TPSA) is 88.9 Å². The number of anilines is 1. The minimum absolute atomic E-state index is 0.123. The Hall–Kier alpha value is -4.28. The molecule has 10 heteroatoms. The Bertz CT molecular complexity index is 1610. The molecule has 2 aromatic carbocycles. The van der Waals surface area contributed by atoms with Gasteiger partial charge < -0.3 is 14.4 Å². The summed E-state index contributed by atoms with van der Waals surface area (Å²) in [6.07, 6.45) is 9.18. The van der Waals surface area contributed by atoms with E-state index in [-0.39, 0.29) is 17.3 Å². The third-order valence-corrected chi connectivity index (χ3v) is 8.16. The summed E-state index contributed by atoms with van der Waals surface area (Å²) in [5.74, 6) is 1.42. The molecule has 1 spiro atoms. The second kappa shape index (κ2) is 12.1. The van der Waals surface area contributed by atoms with Crippen molar-refractivity contribution >= 4 is 12.0 Å². The van der Waals surface area contributed by atoms with Gasteiger partial charge in [-0.15, -0.1) is 0 Å². The number of hydrogen-bond donors (Lipinski definition) is 0. The minimum Gasteiger partial charge on any atom is -0.451 e. The first kappa shape index (κ1) is 28.8. The van der Waals surface area contributed by atoms with Gasteiger partial charge in [0.25, 0.3) is 0 Å². The van der Waals surface area contributed by atoms with Crippen LogP contribution in [0.4, 0.5) is 10.2 Å². The highest BCUT2D eigenvalue weighted by molar-refractivity contribution is 5.79. The summed E-state index contributed by atoms with van der Waals surface area (Å²) in [6, 6.07) is 13.3. The Labute approximate surface area is 251 Å². The second-order valence-corrected chi connectivity index (χ2v) is 11.7. The molecule has 0 amide bonds. The normalized spacial score (nSPS) is 17.7. The van der Waals surface area contributed by atoms with E-state index in [9.17, 15) is 4.39 Å². The van der Waals surface area contributed by atoms with Gasteiger partial charge >= 0.3 is 0 Å². The highest BCUT2D eigenvalue weighted by atomic mass is 19.1. The van der Waals surface area contributed by atoms with Crippen LogP contribution in [-0.2, 0) is 11.3 Å². The fraction of sp³-hybridized carbons (Fsp3) is 0.364. The molecule has 1 atom stereocenters. The third-order valence-electron chi connectivity index (χ3n) is 8.16. The molecule has 0 aliphatic carbocycles. The van der Waals surface area contributed by atoms with Crippen molar-refractivity contribution in [1.29, 1.82) is 0 Å². The first-order valence-corrected chi connectivity index (χ1v) is 14.5. The molecular formula is C33H36FN7O2. The van der Waals surface area contributed by atoms with Gasteiger partial charge in [-0.1, -0.05) is 38.1 Å². The van der Waals surface area contributed by atoms with E-state index in [0.717, 1.165) is 29.8 Å². The molecule has 222 valence electrons. The Morgan fingerprint density at radius 2 is 1.84 bits per heavy atom. The van der Waals surface area contributed by atoms with E-state index in [0.29, 0.717) is 48.6 Å². The largest absolute Gasteiger partial charge is 0.451 e. The zero-order valence-electron chi connectivity index (χ0n) is 24.9. The molecule has 1 unspecified atom stereocenters. The summed E-state index contributed by atoms with van der Waals surface area (Å²) in [4.78, 5) is 26.0. The van der Waals surface area contributed by atoms with Gasteiger partial charge in [0, 0.05) is 43.2 Å². The fourth-order valence-electron chi connectivity index (χ4n) is 5.94. The number of likely N-dealkylation sites (N-methyl/N-ethyl adjacent to an activating group) is 1. The number of aromatic nitrogens is 4. The number of ether oxygens (including phenoxy) is 2. The molecule has 0 N–H and O–H groups in total. The monoisotopic (exact) mass is 581 g/mol. The van der Waals surface area contributed by atoms with Crippen LogP contribution in [-0.4, -0.2) is 76.5 Å². The number of aliphatic imine (C=N–C) groups is 1. The fourth-order valence-corrected chi connectivity index (χ4v) is 5.94. The van der Waals surface area contributed by atoms with E-state index in [1.165, 1.54) is 30.4 Å². The van der Waals surface area contributed by atoms with E-state index in [1.807, 2.05) is 20.1 Å². The lowest BCUT2D eigenvalue weighted by Crippen LogP contribution is -2.62. The summed E-state index contributed by atoms with van der Waals surface area (Å²) < 4.78 is 27.2. The lowest BCUT2D eigenvalue weighted by Gasteiger charge is -2.48. The molecule has 2 aromatic heterocycles. The molecule has 0 saturated carbocycles. The van der Waals surface area contributed by atoms with E-state index < -0.39 is 0 Å². The summed E-state index contributed by atoms with van der Waals surface area (Å²) >= 11 is 0. The van der Waals surface area contributed by atoms with Crippen LogP contribution in [0.2, 0.25) is 0 Å². The van der Waals surface area contributed by atoms with E-state index in [4.69, 9.17) is 9.47 Å². The van der Waals surface area contributed by atoms with Crippen molar-refractivity contribution in [2.24, 2.45) is 4.99 Å². The van der Waals surface area contributed by atoms with Crippen LogP contribution >= 0.6 is 0 Å². The standard InChI is InChI=1S/C33H36FN7O2/c1-22(2)31-28(14-36-20-38-31)27-11-25(34)9-10-29(27)43-30-15-37-21-39-32(30)41-18-33(19-41)12-26(17-42-33)40(4)16-24-7-5-23(6-8-24)13-35-3/h5-11,13-15,20-22,26H,12,16-19H2,1-4H3/b35-13-. The molecule has 2 saturated heterocycles. The van der Waals surface area contributed by atoms with Gasteiger partial charge in [-0.25, -0.2) is 24.3 Å². The van der Waals surface area contributed by atoms with Crippen molar-refractivity contribution in [3.05, 3.63) is 90.2 Å². The van der Waals surface area contributed by atoms with Crippen LogP contribution in [0.15, 0.2) is 72.5 Å². The van der Waals surface area contributed by atoms with Crippen molar-refractivity contribution in [3.63, 3.8) is 0 Å². The summed E-state index contributed by atoms with van der Waals surface area (Å²) in [5.41, 5.74) is 4.27. The van der Waals surface area contributed by atoms with Crippen LogP contribution in [0.3, 0.4) is 0 Å². The molecule has 4 aromatic rings. The van der Waals surface area contributed by atoms with Gasteiger partial charge in [-0.3, -0.25) is 9.89 Å². The van der Waals surface area contributed by atoms with Crippen molar-refractivity contribution < 1.29 is 13.9 Å². The predicted molar refractivity (Wildman–Crippen MR) is 164 cm³/mol. The molecule has 0 radical (unpaired) electrons. The van der Waals surface area contributed by atoms with Gasteiger partial charge in [0.15, 0.2) is 11.6 Å². The molecular weight excluding hydrogens is 545 g/mol. The maximum absolute atomic E-state index is 14.4. The number of benzene rings is 2. The van der Waals surface area contributed by atoms with Crippen LogP contribution in [0.1, 0.15) is 43.0 Å². The lowest BCUT2D eigenvalue weighted by atomic mass is 9.89. The Kier molecular flexibility index (Phi) is 8.14. The number of nitrogens with zero attached hydrogens (tertiary/aromatic N) is 7. The Balaban J connectivity index is 1.15. The molecule has 4 heterocycles. The maximum atomic E-state index is 14.4. The number of halogens is 1. The van der Waals surface area contributed by atoms with Gasteiger partial charge in [-0.05, 0) is 48.7 Å². The lowest BCUT2D eigenvalue weighted by molar-refractivity contribution is -0.0196. The Morgan fingerprint density at radius 1 is 1.07 bits per heavy atom. The first-order valence-electron chi connectivity index (χ1n) is 14.5. The number of rotatable bonds is 9. The van der Waals surface area contributed by atoms with Gasteiger partial charge in [0.05, 0.1) is 31.6 Å². The maximum Gasteiger partial charge on any atom is 0.188 e. The van der Waals surface area contributed by atoms with Gasteiger partial charge in [0.2, 0.25) is 0 Å². The summed E-state index contributed by atoms with van der Waals surface area (Å²) in [7, 11) is 3.94. The van der Waals surface area contributed by atoms with Crippen LogP contribution in [0, 0.1) is 5.82 Å². The Morgan fingerprint density at radius 3 is 2.60 bits per heavy atom. The minimum atomic E-state index is -0.365. The predicted octanol–water partition coefficient (Wildman–Crippen LogP) is 5.52. The molecule has 2 aliphatic rings. The van der Waals surface area contributed by atoms with E-state index in [2.05, 4.69) is 66.0 Å². The highest BCUT2D eigenvalue weighted by Crippen LogP contribution is 2.43. The molecule has 2 aliphatic heterocycles. The average molecular weight is 582 g/mol. The van der Waals surface area contributed by atoms with E-state index >= 15 is 0 Å². The van der Waals surface area contributed by atoms with Crippen molar-refractivity contribution in [1.82, 2.24) is 24.8 Å². The molecule has 43 heavy (non-hydrogen) atoms. The van der Waals surface area contributed by atoms with Crippen LogP contribution < -0.4 is 9.64 Å². The molecule has 9 nitrogen and oxygen atoms in total. The zero-order valence-corrected chi connectivity index (χ0v) is 24.9. The molecule has 0 bridgehead atoms. The quantitative estimate of drug-likeness (QED) is 0.239. The van der Waals surface area contributed by atoms with Crippen LogP contribution in [0.25, 0.3) is 11.1 Å². The third kappa shape index (κ3) is 6.11. The van der Waals surface area contributed by atoms with Gasteiger partial charge in [0.1, 0.15) is 29.8 Å². The zero-order chi connectivity index (χ0) is 30.0. The smallest absolute Gasteiger partial charge is 0.188 e. The average Bonchev–Trinajstić information content (AvgIpc) is 3.45. The summed E-state index contributed by atoms with van der Waals surface area (Å²) in [5, 5.41) is 0. The first-order chi connectivity index (χ1) is 20.8. The van der Waals surface area contributed by atoms with Crippen molar-refractivity contribution in [2.75, 3.05) is 38.7 Å². The molecule has 6 rings (SSSR count). The number of hydrogen-bond acceptors (Lipinski definition) is 9. The SMILES string of the molecule is C/N=C\c1ccc(CN(C)C2COC3(C2)CN(c2ncncc2Oc2ccc(F)cc2-c2cncnc2C(C)C)C3)cc1. The van der Waals surface area contributed by atoms with Crippen LogP contribution in [0.5, 0.6) is 11.5 Å². The van der Waals surface area contributed by atoms with E-state index in [1.54, 1.807) is 25.5 Å². The second-order valence-electron chi connectivity index (χ2n) is 11.7.